The summed E-state index contributed by atoms with van der Waals surface area (Å²) in [5, 5.41) is 38.2. The zero-order valence-electron chi connectivity index (χ0n) is 9.26. The van der Waals surface area contributed by atoms with Crippen LogP contribution in [0.1, 0.15) is 13.8 Å². The summed E-state index contributed by atoms with van der Waals surface area (Å²) in [6.45, 7) is 2.60. The van der Waals surface area contributed by atoms with E-state index in [1.165, 1.54) is 13.8 Å². The molecule has 2 atom stereocenters. The van der Waals surface area contributed by atoms with Crippen LogP contribution < -0.4 is 5.73 Å². The molecule has 0 saturated heterocycles. The molecule has 7 heteroatoms. The molecule has 0 heterocycles. The van der Waals surface area contributed by atoms with Crippen LogP contribution in [0.2, 0.25) is 0 Å². The van der Waals surface area contributed by atoms with Crippen molar-refractivity contribution in [2.24, 2.45) is 17.1 Å². The van der Waals surface area contributed by atoms with Crippen LogP contribution >= 0.6 is 0 Å². The second-order valence-corrected chi connectivity index (χ2v) is 4.06. The van der Waals surface area contributed by atoms with Crippen LogP contribution in [0.4, 0.5) is 0 Å². The van der Waals surface area contributed by atoms with Crippen LogP contribution in [0, 0.1) is 55.4 Å². The number of allylic oxidation sites excluding steroid dienone is 1. The van der Waals surface area contributed by atoms with Gasteiger partial charge in [0.15, 0.2) is 5.41 Å². The van der Waals surface area contributed by atoms with Gasteiger partial charge in [-0.15, -0.1) is 0 Å². The van der Waals surface area contributed by atoms with Crippen molar-refractivity contribution in [3.8, 4) is 18.2 Å². The molecule has 1 aliphatic carbocycles. The molecule has 2 unspecified atom stereocenters. The molecule has 86 valence electrons. The van der Waals surface area contributed by atoms with Gasteiger partial charge in [0.05, 0.1) is 29.7 Å². The van der Waals surface area contributed by atoms with Gasteiger partial charge in [0.25, 0.3) is 5.54 Å². The number of hydrogen-bond acceptors (Lipinski definition) is 6. The van der Waals surface area contributed by atoms with Crippen molar-refractivity contribution in [2.75, 3.05) is 0 Å². The van der Waals surface area contributed by atoms with Gasteiger partial charge >= 0.3 is 0 Å². The Kier molecular flexibility index (Phi) is 2.54. The first-order valence-corrected chi connectivity index (χ1v) is 4.70. The number of nitrogens with two attached hydrogens (primary N) is 1. The third kappa shape index (κ3) is 1.12. The summed E-state index contributed by atoms with van der Waals surface area (Å²) in [4.78, 5) is 10.4. The highest BCUT2D eigenvalue weighted by molar-refractivity contribution is 5.53. The molecule has 0 fully saturated rings. The molecule has 0 bridgehead atoms. The Bertz CT molecular complexity index is 531. The van der Waals surface area contributed by atoms with Crippen molar-refractivity contribution in [3.05, 3.63) is 21.4 Å². The number of nitrogens with zero attached hydrogens (tertiary/aromatic N) is 4. The van der Waals surface area contributed by atoms with E-state index in [2.05, 4.69) is 0 Å². The Hall–Kier alpha value is -2.59. The lowest BCUT2D eigenvalue weighted by Crippen LogP contribution is -2.46. The van der Waals surface area contributed by atoms with E-state index in [9.17, 15) is 10.1 Å². The van der Waals surface area contributed by atoms with E-state index in [-0.39, 0.29) is 11.3 Å². The Balaban J connectivity index is 3.70. The summed E-state index contributed by atoms with van der Waals surface area (Å²) in [6, 6.07) is 5.04. The first-order chi connectivity index (χ1) is 7.82. The van der Waals surface area contributed by atoms with E-state index in [1.807, 2.05) is 0 Å². The number of hydrogen-bond donors (Lipinski definition) is 1. The minimum absolute atomic E-state index is 0.305. The fraction of sp³-hybridized carbons (Fsp3) is 0.500. The molecule has 7 nitrogen and oxygen atoms in total. The van der Waals surface area contributed by atoms with Crippen molar-refractivity contribution < 1.29 is 4.92 Å². The molecule has 0 aliphatic heterocycles. The van der Waals surface area contributed by atoms with Crippen molar-refractivity contribution in [1.82, 2.24) is 0 Å². The minimum atomic E-state index is -1.85. The lowest BCUT2D eigenvalue weighted by Gasteiger charge is -2.25. The monoisotopic (exact) mass is 231 g/mol. The maximum absolute atomic E-state index is 11.1. The summed E-state index contributed by atoms with van der Waals surface area (Å²) in [6.07, 6.45) is 0. The van der Waals surface area contributed by atoms with Crippen molar-refractivity contribution in [3.63, 3.8) is 0 Å². The molecular formula is C10H9N5O2. The Morgan fingerprint density at radius 3 is 2.12 bits per heavy atom. The molecule has 0 spiro atoms. The average molecular weight is 231 g/mol. The minimum Gasteiger partial charge on any atom is -0.395 e. The molecule has 0 aromatic rings. The molecule has 0 radical (unpaired) electrons. The summed E-state index contributed by atoms with van der Waals surface area (Å²) >= 11 is 0. The van der Waals surface area contributed by atoms with Crippen LogP contribution in [0.5, 0.6) is 0 Å². The number of rotatable bonds is 1. The maximum atomic E-state index is 11.1. The Morgan fingerprint density at radius 2 is 1.88 bits per heavy atom. The van der Waals surface area contributed by atoms with Gasteiger partial charge in [-0.25, -0.2) is 0 Å². The van der Waals surface area contributed by atoms with Crippen LogP contribution in [-0.4, -0.2) is 10.5 Å². The van der Waals surface area contributed by atoms with Gasteiger partial charge in [-0.3, -0.25) is 10.1 Å². The van der Waals surface area contributed by atoms with Crippen LogP contribution in [0.15, 0.2) is 11.3 Å². The lowest BCUT2D eigenvalue weighted by molar-refractivity contribution is -0.563. The number of nitro groups is 1. The van der Waals surface area contributed by atoms with E-state index in [4.69, 9.17) is 21.5 Å². The van der Waals surface area contributed by atoms with E-state index in [0.29, 0.717) is 0 Å². The fourth-order valence-electron chi connectivity index (χ4n) is 2.07. The third-order valence-electron chi connectivity index (χ3n) is 3.55. The largest absolute Gasteiger partial charge is 0.395 e. The zero-order chi connectivity index (χ0) is 13.4. The smallest absolute Gasteiger partial charge is 0.264 e. The van der Waals surface area contributed by atoms with E-state index in [0.717, 1.165) is 0 Å². The van der Waals surface area contributed by atoms with E-state index in [1.54, 1.807) is 18.2 Å². The fourth-order valence-corrected chi connectivity index (χ4v) is 2.07. The van der Waals surface area contributed by atoms with E-state index >= 15 is 0 Å². The van der Waals surface area contributed by atoms with Crippen LogP contribution in [0.3, 0.4) is 0 Å². The van der Waals surface area contributed by atoms with Crippen molar-refractivity contribution in [1.29, 1.82) is 15.8 Å². The molecule has 17 heavy (non-hydrogen) atoms. The molecule has 0 aromatic heterocycles. The molecule has 0 amide bonds. The summed E-state index contributed by atoms with van der Waals surface area (Å²) in [7, 11) is 0. The summed E-state index contributed by atoms with van der Waals surface area (Å²) in [5.74, 6) is -0.991. The van der Waals surface area contributed by atoms with Gasteiger partial charge in [0, 0.05) is 11.8 Å². The van der Waals surface area contributed by atoms with Gasteiger partial charge in [-0.1, -0.05) is 6.92 Å². The maximum Gasteiger partial charge on any atom is 0.264 e. The predicted octanol–water partition coefficient (Wildman–Crippen LogP) is 0.441. The van der Waals surface area contributed by atoms with Gasteiger partial charge in [-0.2, -0.15) is 15.8 Å². The summed E-state index contributed by atoms with van der Waals surface area (Å²) < 4.78 is 0. The van der Waals surface area contributed by atoms with E-state index < -0.39 is 21.8 Å². The van der Waals surface area contributed by atoms with Gasteiger partial charge in [0.1, 0.15) is 5.70 Å². The van der Waals surface area contributed by atoms with Gasteiger partial charge in [0.2, 0.25) is 0 Å². The van der Waals surface area contributed by atoms with Crippen LogP contribution in [-0.2, 0) is 0 Å². The first kappa shape index (κ1) is 12.5. The second-order valence-electron chi connectivity index (χ2n) is 4.06. The van der Waals surface area contributed by atoms with Gasteiger partial charge in [-0.05, 0) is 0 Å². The third-order valence-corrected chi connectivity index (χ3v) is 3.55. The second kappa shape index (κ2) is 3.47. The Labute approximate surface area is 97.5 Å². The molecule has 0 aromatic carbocycles. The topological polar surface area (TPSA) is 141 Å². The number of nitriles is 3. The average Bonchev–Trinajstić information content (AvgIpc) is 2.48. The Morgan fingerprint density at radius 1 is 1.41 bits per heavy atom. The summed E-state index contributed by atoms with van der Waals surface area (Å²) in [5.41, 5.74) is 1.37. The highest BCUT2D eigenvalue weighted by Gasteiger charge is 2.66. The van der Waals surface area contributed by atoms with Gasteiger partial charge < -0.3 is 5.73 Å². The normalized spacial score (nSPS) is 30.2. The van der Waals surface area contributed by atoms with Crippen molar-refractivity contribution in [2.45, 2.75) is 19.4 Å². The standard InChI is InChI=1S/C10H9N5O2/c1-6-9(2,15(16)17)8(14)7(3-11)10(6,4-12)5-13/h6H,14H2,1-2H3. The first-order valence-electron chi connectivity index (χ1n) is 4.70. The molecule has 2 N–H and O–H groups in total. The van der Waals surface area contributed by atoms with Crippen molar-refractivity contribution >= 4 is 0 Å². The molecule has 1 rings (SSSR count). The van der Waals surface area contributed by atoms with Crippen LogP contribution in [0.25, 0.3) is 0 Å². The SMILES string of the molecule is CC1C(C#N)(C#N)C(C#N)=C(N)C1(C)[N+](=O)[O-]. The lowest BCUT2D eigenvalue weighted by atomic mass is 9.73. The molecule has 0 saturated carbocycles. The zero-order valence-corrected chi connectivity index (χ0v) is 9.26. The quantitative estimate of drug-likeness (QED) is 0.512. The molecular weight excluding hydrogens is 222 g/mol. The highest BCUT2D eigenvalue weighted by Crippen LogP contribution is 2.51. The predicted molar refractivity (Wildman–Crippen MR) is 55.0 cm³/mol. The molecule has 1 aliphatic rings. The highest BCUT2D eigenvalue weighted by atomic mass is 16.6.